The molecule has 0 spiro atoms. The fourth-order valence-electron chi connectivity index (χ4n) is 2.39. The Labute approximate surface area is 152 Å². The molecule has 0 fully saturated rings. The molecule has 0 aliphatic heterocycles. The lowest BCUT2D eigenvalue weighted by molar-refractivity contribution is 0.0954. The zero-order chi connectivity index (χ0) is 19.1. The van der Waals surface area contributed by atoms with Crippen LogP contribution in [0.25, 0.3) is 0 Å². The third kappa shape index (κ3) is 5.07. The number of benzene rings is 2. The van der Waals surface area contributed by atoms with Crippen LogP contribution in [0.1, 0.15) is 38.8 Å². The summed E-state index contributed by atoms with van der Waals surface area (Å²) >= 11 is 0. The van der Waals surface area contributed by atoms with Crippen molar-refractivity contribution in [3.05, 3.63) is 64.7 Å². The van der Waals surface area contributed by atoms with E-state index in [1.165, 1.54) is 0 Å². The van der Waals surface area contributed by atoms with Crippen molar-refractivity contribution in [2.24, 2.45) is 5.73 Å². The van der Waals surface area contributed by atoms with E-state index in [9.17, 15) is 14.4 Å². The van der Waals surface area contributed by atoms with Gasteiger partial charge in [0, 0.05) is 29.9 Å². The van der Waals surface area contributed by atoms with Crippen LogP contribution >= 0.6 is 0 Å². The van der Waals surface area contributed by atoms with Crippen molar-refractivity contribution in [1.29, 1.82) is 0 Å². The van der Waals surface area contributed by atoms with E-state index in [2.05, 4.69) is 16.0 Å². The van der Waals surface area contributed by atoms with Crippen LogP contribution in [-0.4, -0.2) is 24.4 Å². The second-order valence-electron chi connectivity index (χ2n) is 5.76. The molecular formula is C19H22N4O3. The van der Waals surface area contributed by atoms with Crippen LogP contribution in [-0.2, 0) is 6.54 Å². The van der Waals surface area contributed by atoms with Gasteiger partial charge in [0.15, 0.2) is 0 Å². The molecule has 0 atom stereocenters. The van der Waals surface area contributed by atoms with Gasteiger partial charge in [-0.1, -0.05) is 12.1 Å². The molecule has 26 heavy (non-hydrogen) atoms. The van der Waals surface area contributed by atoms with Crippen molar-refractivity contribution in [3.8, 4) is 0 Å². The highest BCUT2D eigenvalue weighted by Gasteiger charge is 2.09. The first-order chi connectivity index (χ1) is 12.4. The Morgan fingerprint density at radius 2 is 1.77 bits per heavy atom. The lowest BCUT2D eigenvalue weighted by Gasteiger charge is -2.11. The molecule has 5 N–H and O–H groups in total. The van der Waals surface area contributed by atoms with Crippen LogP contribution < -0.4 is 21.7 Å². The summed E-state index contributed by atoms with van der Waals surface area (Å²) in [6.45, 7) is 4.47. The number of primary amides is 1. The zero-order valence-electron chi connectivity index (χ0n) is 14.8. The zero-order valence-corrected chi connectivity index (χ0v) is 14.8. The Kier molecular flexibility index (Phi) is 6.32. The molecule has 0 saturated heterocycles. The highest BCUT2D eigenvalue weighted by molar-refractivity contribution is 5.96. The Morgan fingerprint density at radius 3 is 2.42 bits per heavy atom. The number of aryl methyl sites for hydroxylation is 1. The van der Waals surface area contributed by atoms with Crippen LogP contribution in [0.15, 0.2) is 42.5 Å². The van der Waals surface area contributed by atoms with E-state index in [4.69, 9.17) is 5.73 Å². The summed E-state index contributed by atoms with van der Waals surface area (Å²) in [5.41, 5.74) is 8.33. The number of carbonyl (C=O) groups is 3. The second kappa shape index (κ2) is 8.66. The summed E-state index contributed by atoms with van der Waals surface area (Å²) in [7, 11) is 0. The Hall–Kier alpha value is -3.35. The quantitative estimate of drug-likeness (QED) is 0.637. The minimum atomic E-state index is -0.515. The second-order valence-corrected chi connectivity index (χ2v) is 5.76. The number of urea groups is 1. The molecule has 136 valence electrons. The third-order valence-electron chi connectivity index (χ3n) is 3.74. The van der Waals surface area contributed by atoms with E-state index >= 15 is 0 Å². The Bertz CT molecular complexity index is 833. The number of hydrogen-bond acceptors (Lipinski definition) is 3. The summed E-state index contributed by atoms with van der Waals surface area (Å²) in [5.74, 6) is -0.667. The molecule has 2 aromatic carbocycles. The molecule has 0 bridgehead atoms. The van der Waals surface area contributed by atoms with Crippen LogP contribution in [0.4, 0.5) is 10.5 Å². The highest BCUT2D eigenvalue weighted by Crippen LogP contribution is 2.16. The molecule has 4 amide bonds. The highest BCUT2D eigenvalue weighted by atomic mass is 16.2. The normalized spacial score (nSPS) is 10.1. The maximum atomic E-state index is 12.1. The Balaban J connectivity index is 1.96. The third-order valence-corrected chi connectivity index (χ3v) is 3.74. The lowest BCUT2D eigenvalue weighted by Crippen LogP contribution is -2.28. The van der Waals surface area contributed by atoms with Crippen molar-refractivity contribution in [2.75, 3.05) is 11.9 Å². The molecule has 0 aliphatic carbocycles. The van der Waals surface area contributed by atoms with E-state index in [0.717, 1.165) is 11.1 Å². The van der Waals surface area contributed by atoms with Crippen molar-refractivity contribution in [2.45, 2.75) is 20.4 Å². The fraction of sp³-hybridized carbons (Fsp3) is 0.211. The monoisotopic (exact) mass is 354 g/mol. The van der Waals surface area contributed by atoms with E-state index < -0.39 is 5.91 Å². The first-order valence-corrected chi connectivity index (χ1v) is 8.23. The molecule has 2 rings (SSSR count). The SMILES string of the molecule is CCNC(=O)c1ccc(NC(=O)NCc2cccc(C(N)=O)c2)c(C)c1. The molecule has 0 radical (unpaired) electrons. The van der Waals surface area contributed by atoms with E-state index in [1.54, 1.807) is 42.5 Å². The van der Waals surface area contributed by atoms with Gasteiger partial charge < -0.3 is 21.7 Å². The van der Waals surface area contributed by atoms with Crippen LogP contribution in [0.3, 0.4) is 0 Å². The van der Waals surface area contributed by atoms with Crippen molar-refractivity contribution in [1.82, 2.24) is 10.6 Å². The average molecular weight is 354 g/mol. The summed E-state index contributed by atoms with van der Waals surface area (Å²) in [6.07, 6.45) is 0. The van der Waals surface area contributed by atoms with E-state index in [-0.39, 0.29) is 18.5 Å². The Morgan fingerprint density at radius 1 is 1.00 bits per heavy atom. The predicted molar refractivity (Wildman–Crippen MR) is 100 cm³/mol. The molecule has 7 nitrogen and oxygen atoms in total. The lowest BCUT2D eigenvalue weighted by atomic mass is 10.1. The van der Waals surface area contributed by atoms with Crippen LogP contribution in [0, 0.1) is 6.92 Å². The van der Waals surface area contributed by atoms with Gasteiger partial charge in [-0.15, -0.1) is 0 Å². The first-order valence-electron chi connectivity index (χ1n) is 8.23. The maximum absolute atomic E-state index is 12.1. The van der Waals surface area contributed by atoms with Gasteiger partial charge in [-0.3, -0.25) is 9.59 Å². The molecule has 0 heterocycles. The fourth-order valence-corrected chi connectivity index (χ4v) is 2.39. The molecule has 2 aromatic rings. The van der Waals surface area contributed by atoms with Crippen molar-refractivity contribution < 1.29 is 14.4 Å². The van der Waals surface area contributed by atoms with Gasteiger partial charge in [-0.25, -0.2) is 4.79 Å². The van der Waals surface area contributed by atoms with Gasteiger partial charge in [0.1, 0.15) is 0 Å². The summed E-state index contributed by atoms with van der Waals surface area (Å²) in [5, 5.41) is 8.19. The van der Waals surface area contributed by atoms with E-state index in [0.29, 0.717) is 23.4 Å². The minimum Gasteiger partial charge on any atom is -0.366 e. The minimum absolute atomic E-state index is 0.152. The first kappa shape index (κ1) is 19.0. The molecular weight excluding hydrogens is 332 g/mol. The molecule has 0 aliphatic rings. The van der Waals surface area contributed by atoms with Gasteiger partial charge >= 0.3 is 6.03 Å². The van der Waals surface area contributed by atoms with Gasteiger partial charge in [0.25, 0.3) is 5.91 Å². The molecule has 7 heteroatoms. The summed E-state index contributed by atoms with van der Waals surface area (Å²) in [4.78, 5) is 35.1. The van der Waals surface area contributed by atoms with Gasteiger partial charge in [-0.05, 0) is 55.3 Å². The standard InChI is InChI=1S/C19H22N4O3/c1-3-21-18(25)15-7-8-16(12(2)9-15)23-19(26)22-11-13-5-4-6-14(10-13)17(20)24/h4-10H,3,11H2,1-2H3,(H2,20,24)(H,21,25)(H2,22,23,26). The van der Waals surface area contributed by atoms with Crippen LogP contribution in [0.2, 0.25) is 0 Å². The number of nitrogens with two attached hydrogens (primary N) is 1. The summed E-state index contributed by atoms with van der Waals surface area (Å²) in [6, 6.07) is 11.4. The van der Waals surface area contributed by atoms with Gasteiger partial charge in [0.05, 0.1) is 0 Å². The number of amides is 4. The number of anilines is 1. The average Bonchev–Trinajstić information content (AvgIpc) is 2.62. The largest absolute Gasteiger partial charge is 0.366 e. The van der Waals surface area contributed by atoms with Gasteiger partial charge in [0.2, 0.25) is 5.91 Å². The van der Waals surface area contributed by atoms with Gasteiger partial charge in [-0.2, -0.15) is 0 Å². The number of rotatable bonds is 6. The molecule has 0 aromatic heterocycles. The van der Waals surface area contributed by atoms with Crippen molar-refractivity contribution >= 4 is 23.5 Å². The number of carbonyl (C=O) groups excluding carboxylic acids is 3. The van der Waals surface area contributed by atoms with Crippen LogP contribution in [0.5, 0.6) is 0 Å². The molecule has 0 unspecified atom stereocenters. The smallest absolute Gasteiger partial charge is 0.319 e. The topological polar surface area (TPSA) is 113 Å². The van der Waals surface area contributed by atoms with Crippen molar-refractivity contribution in [3.63, 3.8) is 0 Å². The summed E-state index contributed by atoms with van der Waals surface area (Å²) < 4.78 is 0. The number of nitrogens with one attached hydrogen (secondary N) is 3. The predicted octanol–water partition coefficient (Wildman–Crippen LogP) is 2.17. The number of hydrogen-bond donors (Lipinski definition) is 4. The van der Waals surface area contributed by atoms with E-state index in [1.807, 2.05) is 13.8 Å². The maximum Gasteiger partial charge on any atom is 0.319 e. The molecule has 0 saturated carbocycles.